The van der Waals surface area contributed by atoms with E-state index < -0.39 is 9.84 Å². The van der Waals surface area contributed by atoms with Crippen LogP contribution in [0.5, 0.6) is 0 Å². The van der Waals surface area contributed by atoms with Gasteiger partial charge in [0.2, 0.25) is 5.91 Å². The van der Waals surface area contributed by atoms with Gasteiger partial charge in [-0.1, -0.05) is 29.8 Å². The number of carbonyl (C=O) groups is 1. The van der Waals surface area contributed by atoms with E-state index >= 15 is 0 Å². The number of aryl methyl sites for hydroxylation is 1. The lowest BCUT2D eigenvalue weighted by Gasteiger charge is -2.36. The molecule has 1 amide bonds. The number of benzene rings is 1. The van der Waals surface area contributed by atoms with Crippen LogP contribution in [0.15, 0.2) is 24.3 Å². The predicted octanol–water partition coefficient (Wildman–Crippen LogP) is 0.758. The number of carbonyl (C=O) groups excluding carboxylic acids is 1. The molecule has 6 nitrogen and oxygen atoms in total. The normalized spacial score (nSPS) is 23.5. The third-order valence-corrected chi connectivity index (χ3v) is 7.18. The van der Waals surface area contributed by atoms with Gasteiger partial charge in [-0.25, -0.2) is 8.42 Å². The highest BCUT2D eigenvalue weighted by Gasteiger charge is 2.32. The molecule has 2 aliphatic heterocycles. The Labute approximate surface area is 156 Å². The van der Waals surface area contributed by atoms with Crippen LogP contribution in [-0.2, 0) is 21.2 Å². The molecule has 0 spiro atoms. The Balaban J connectivity index is 1.45. The number of nitrogens with zero attached hydrogens (tertiary/aromatic N) is 3. The topological polar surface area (TPSA) is 60.9 Å². The molecule has 1 atom stereocenters. The van der Waals surface area contributed by atoms with E-state index in [1.54, 1.807) is 0 Å². The third-order valence-electron chi connectivity index (χ3n) is 5.43. The van der Waals surface area contributed by atoms with Crippen molar-refractivity contribution < 1.29 is 13.2 Å². The first-order valence-electron chi connectivity index (χ1n) is 9.29. The molecule has 1 unspecified atom stereocenters. The second kappa shape index (κ2) is 8.06. The molecule has 1 aromatic rings. The van der Waals surface area contributed by atoms with Crippen LogP contribution in [0, 0.1) is 6.92 Å². The Morgan fingerprint density at radius 3 is 2.58 bits per heavy atom. The fraction of sp³-hybridized carbons (Fsp3) is 0.632. The molecule has 7 heteroatoms. The molecule has 0 aromatic heterocycles. The molecule has 2 fully saturated rings. The average Bonchev–Trinajstić information content (AvgIpc) is 2.95. The highest BCUT2D eigenvalue weighted by Crippen LogP contribution is 2.17. The lowest BCUT2D eigenvalue weighted by Crippen LogP contribution is -2.51. The van der Waals surface area contributed by atoms with E-state index in [-0.39, 0.29) is 23.5 Å². The molecular formula is C19H29N3O3S. The molecule has 3 rings (SSSR count). The number of hydrogen-bond acceptors (Lipinski definition) is 5. The summed E-state index contributed by atoms with van der Waals surface area (Å²) in [7, 11) is -1.06. The summed E-state index contributed by atoms with van der Waals surface area (Å²) < 4.78 is 23.2. The van der Waals surface area contributed by atoms with Crippen LogP contribution in [0.25, 0.3) is 0 Å². The fourth-order valence-electron chi connectivity index (χ4n) is 3.79. The van der Waals surface area contributed by atoms with E-state index in [1.807, 2.05) is 16.8 Å². The maximum absolute atomic E-state index is 12.6. The molecule has 0 saturated carbocycles. The van der Waals surface area contributed by atoms with Crippen molar-refractivity contribution >= 4 is 15.7 Å². The van der Waals surface area contributed by atoms with Crippen molar-refractivity contribution in [3.8, 4) is 0 Å². The summed E-state index contributed by atoms with van der Waals surface area (Å²) in [5, 5.41) is 0. The van der Waals surface area contributed by atoms with E-state index in [4.69, 9.17) is 0 Å². The van der Waals surface area contributed by atoms with Gasteiger partial charge in [0.1, 0.15) is 0 Å². The summed E-state index contributed by atoms with van der Waals surface area (Å²) in [6.45, 7) is 6.55. The predicted molar refractivity (Wildman–Crippen MR) is 103 cm³/mol. The van der Waals surface area contributed by atoms with Crippen LogP contribution in [0.1, 0.15) is 17.5 Å². The van der Waals surface area contributed by atoms with Gasteiger partial charge in [-0.05, 0) is 26.0 Å². The smallest absolute Gasteiger partial charge is 0.236 e. The molecule has 2 saturated heterocycles. The van der Waals surface area contributed by atoms with Gasteiger partial charge in [-0.3, -0.25) is 14.6 Å². The van der Waals surface area contributed by atoms with E-state index in [9.17, 15) is 13.2 Å². The van der Waals surface area contributed by atoms with E-state index in [0.717, 1.165) is 32.7 Å². The first-order valence-corrected chi connectivity index (χ1v) is 11.1. The minimum Gasteiger partial charge on any atom is -0.339 e. The minimum absolute atomic E-state index is 0.0217. The first kappa shape index (κ1) is 19.3. The molecule has 0 aliphatic carbocycles. The van der Waals surface area contributed by atoms with Gasteiger partial charge in [0.15, 0.2) is 9.84 Å². The van der Waals surface area contributed by atoms with Crippen LogP contribution in [0.4, 0.5) is 0 Å². The Morgan fingerprint density at radius 2 is 1.96 bits per heavy atom. The number of piperazine rings is 1. The van der Waals surface area contributed by atoms with E-state index in [2.05, 4.69) is 36.1 Å². The number of hydrogen-bond donors (Lipinski definition) is 0. The van der Waals surface area contributed by atoms with Crippen molar-refractivity contribution in [2.45, 2.75) is 25.9 Å². The summed E-state index contributed by atoms with van der Waals surface area (Å²) in [5.74, 6) is 0.529. The Hall–Kier alpha value is -1.44. The minimum atomic E-state index is -2.91. The zero-order valence-corrected chi connectivity index (χ0v) is 16.5. The molecule has 2 heterocycles. The number of rotatable bonds is 5. The van der Waals surface area contributed by atoms with Crippen LogP contribution < -0.4 is 0 Å². The van der Waals surface area contributed by atoms with Crippen LogP contribution in [-0.4, -0.2) is 86.3 Å². The lowest BCUT2D eigenvalue weighted by molar-refractivity contribution is -0.134. The van der Waals surface area contributed by atoms with Gasteiger partial charge in [0.25, 0.3) is 0 Å². The van der Waals surface area contributed by atoms with Gasteiger partial charge in [0, 0.05) is 38.8 Å². The lowest BCUT2D eigenvalue weighted by atomic mass is 10.1. The highest BCUT2D eigenvalue weighted by atomic mass is 32.2. The Kier molecular flexibility index (Phi) is 5.99. The summed E-state index contributed by atoms with van der Waals surface area (Å²) in [5.41, 5.74) is 2.58. The van der Waals surface area contributed by atoms with Crippen LogP contribution >= 0.6 is 0 Å². The molecular weight excluding hydrogens is 350 g/mol. The van der Waals surface area contributed by atoms with Crippen LogP contribution in [0.2, 0.25) is 0 Å². The third kappa shape index (κ3) is 5.05. The average molecular weight is 380 g/mol. The van der Waals surface area contributed by atoms with Gasteiger partial charge < -0.3 is 4.90 Å². The van der Waals surface area contributed by atoms with Gasteiger partial charge in [0.05, 0.1) is 18.1 Å². The second-order valence-corrected chi connectivity index (χ2v) is 9.85. The SMILES string of the molecule is Cc1cccc(CN2CCN(C(=O)CN(C)C3CCS(=O)(=O)C3)CC2)c1. The molecule has 0 N–H and O–H groups in total. The first-order chi connectivity index (χ1) is 12.3. The molecule has 144 valence electrons. The summed E-state index contributed by atoms with van der Waals surface area (Å²) in [4.78, 5) is 18.8. The highest BCUT2D eigenvalue weighted by molar-refractivity contribution is 7.91. The Morgan fingerprint density at radius 1 is 1.23 bits per heavy atom. The zero-order chi connectivity index (χ0) is 18.7. The molecule has 0 bridgehead atoms. The standard InChI is InChI=1S/C19H29N3O3S/c1-16-4-3-5-17(12-16)13-21-7-9-22(10-8-21)19(23)14-20(2)18-6-11-26(24,25)15-18/h3-5,12,18H,6-11,13-15H2,1-2H3. The number of sulfone groups is 1. The largest absolute Gasteiger partial charge is 0.339 e. The van der Waals surface area contributed by atoms with Crippen molar-refractivity contribution in [3.05, 3.63) is 35.4 Å². The van der Waals surface area contributed by atoms with E-state index in [1.165, 1.54) is 11.1 Å². The summed E-state index contributed by atoms with van der Waals surface area (Å²) >= 11 is 0. The molecule has 1 aromatic carbocycles. The summed E-state index contributed by atoms with van der Waals surface area (Å²) in [6, 6.07) is 8.53. The van der Waals surface area contributed by atoms with Crippen LogP contribution in [0.3, 0.4) is 0 Å². The van der Waals surface area contributed by atoms with Crippen molar-refractivity contribution in [2.24, 2.45) is 0 Å². The van der Waals surface area contributed by atoms with Crippen molar-refractivity contribution in [2.75, 3.05) is 51.3 Å². The van der Waals surface area contributed by atoms with Crippen molar-refractivity contribution in [1.29, 1.82) is 0 Å². The molecule has 26 heavy (non-hydrogen) atoms. The maximum Gasteiger partial charge on any atom is 0.236 e. The quantitative estimate of drug-likeness (QED) is 0.756. The Bertz CT molecular complexity index is 742. The van der Waals surface area contributed by atoms with Gasteiger partial charge in [-0.2, -0.15) is 0 Å². The second-order valence-electron chi connectivity index (χ2n) is 7.62. The molecule has 2 aliphatic rings. The van der Waals surface area contributed by atoms with Gasteiger partial charge >= 0.3 is 0 Å². The monoisotopic (exact) mass is 379 g/mol. The number of amides is 1. The zero-order valence-electron chi connectivity index (χ0n) is 15.7. The molecule has 0 radical (unpaired) electrons. The fourth-order valence-corrected chi connectivity index (χ4v) is 5.59. The summed E-state index contributed by atoms with van der Waals surface area (Å²) in [6.07, 6.45) is 0.635. The van der Waals surface area contributed by atoms with Crippen molar-refractivity contribution in [3.63, 3.8) is 0 Å². The van der Waals surface area contributed by atoms with Gasteiger partial charge in [-0.15, -0.1) is 0 Å². The van der Waals surface area contributed by atoms with Crippen molar-refractivity contribution in [1.82, 2.24) is 14.7 Å². The van der Waals surface area contributed by atoms with E-state index in [0.29, 0.717) is 13.0 Å². The maximum atomic E-state index is 12.6. The number of likely N-dealkylation sites (N-methyl/N-ethyl adjacent to an activating group) is 1.